The van der Waals surface area contributed by atoms with Gasteiger partial charge in [0.2, 0.25) is 5.91 Å². The summed E-state index contributed by atoms with van der Waals surface area (Å²) in [6.45, 7) is 7.41. The molecule has 2 aromatic carbocycles. The highest BCUT2D eigenvalue weighted by molar-refractivity contribution is 5.93. The zero-order valence-corrected chi connectivity index (χ0v) is 18.6. The molecule has 1 fully saturated rings. The monoisotopic (exact) mass is 424 g/mol. The van der Waals surface area contributed by atoms with E-state index in [1.807, 2.05) is 36.9 Å². The highest BCUT2D eigenvalue weighted by Gasteiger charge is 2.19. The van der Waals surface area contributed by atoms with Gasteiger partial charge in [0, 0.05) is 37.8 Å². The smallest absolute Gasteiger partial charge is 0.222 e. The lowest BCUT2D eigenvalue weighted by Gasteiger charge is -2.16. The molecule has 1 heterocycles. The van der Waals surface area contributed by atoms with Crippen LogP contribution in [-0.4, -0.2) is 43.6 Å². The highest BCUT2D eigenvalue weighted by Crippen LogP contribution is 2.30. The topological polar surface area (TPSA) is 75.2 Å². The number of benzene rings is 2. The van der Waals surface area contributed by atoms with E-state index in [1.54, 1.807) is 7.11 Å². The van der Waals surface area contributed by atoms with Crippen LogP contribution >= 0.6 is 0 Å². The van der Waals surface area contributed by atoms with E-state index < -0.39 is 0 Å². The average molecular weight is 425 g/mol. The number of ether oxygens (including phenoxy) is 2. The molecule has 2 N–H and O–H groups in total. The number of guanidine groups is 1. The molecule has 0 bridgehead atoms. The Morgan fingerprint density at radius 2 is 1.87 bits per heavy atom. The number of aliphatic imine (C=N–C) groups is 1. The number of hydrogen-bond acceptors (Lipinski definition) is 4. The number of likely N-dealkylation sites (tertiary alicyclic amines) is 1. The first-order valence-electron chi connectivity index (χ1n) is 10.8. The summed E-state index contributed by atoms with van der Waals surface area (Å²) in [5.41, 5.74) is 3.12. The molecule has 3 rings (SSSR count). The number of hydrogen-bond donors (Lipinski definition) is 2. The van der Waals surface area contributed by atoms with E-state index in [0.29, 0.717) is 43.6 Å². The number of methoxy groups -OCH3 is 1. The lowest BCUT2D eigenvalue weighted by molar-refractivity contribution is -0.128. The molecule has 7 nitrogen and oxygen atoms in total. The summed E-state index contributed by atoms with van der Waals surface area (Å²) in [5, 5.41) is 6.58. The van der Waals surface area contributed by atoms with Crippen molar-refractivity contribution in [2.75, 3.05) is 32.1 Å². The standard InChI is InChI=1S/C24H32N4O3/c1-4-25-24(27-20-12-13-21(31-5-2)22(15-20)30-3)26-16-18-8-10-19(11-9-18)17-28-14-6-7-23(28)29/h8-13,15H,4-7,14,16-17H2,1-3H3,(H2,25,26,27). The molecular weight excluding hydrogens is 392 g/mol. The van der Waals surface area contributed by atoms with Crippen molar-refractivity contribution in [3.63, 3.8) is 0 Å². The van der Waals surface area contributed by atoms with E-state index in [4.69, 9.17) is 14.5 Å². The van der Waals surface area contributed by atoms with Crippen molar-refractivity contribution < 1.29 is 14.3 Å². The van der Waals surface area contributed by atoms with Crippen molar-refractivity contribution in [3.8, 4) is 11.5 Å². The Morgan fingerprint density at radius 1 is 1.10 bits per heavy atom. The molecule has 0 spiro atoms. The molecular formula is C24H32N4O3. The molecule has 7 heteroatoms. The molecule has 1 saturated heterocycles. The van der Waals surface area contributed by atoms with Crippen LogP contribution in [0, 0.1) is 0 Å². The Labute approximate surface area is 184 Å². The first kappa shape index (κ1) is 22.5. The van der Waals surface area contributed by atoms with Crippen molar-refractivity contribution in [2.45, 2.75) is 39.8 Å². The first-order valence-corrected chi connectivity index (χ1v) is 10.8. The molecule has 0 atom stereocenters. The van der Waals surface area contributed by atoms with Gasteiger partial charge in [-0.1, -0.05) is 24.3 Å². The third-order valence-electron chi connectivity index (χ3n) is 5.06. The minimum atomic E-state index is 0.251. The summed E-state index contributed by atoms with van der Waals surface area (Å²) in [6.07, 6.45) is 1.64. The SMILES string of the molecule is CCNC(=NCc1ccc(CN2CCCC2=O)cc1)Nc1ccc(OCC)c(OC)c1. The van der Waals surface area contributed by atoms with Gasteiger partial charge in [-0.3, -0.25) is 4.79 Å². The van der Waals surface area contributed by atoms with Crippen LogP contribution in [0.1, 0.15) is 37.8 Å². The third-order valence-corrected chi connectivity index (χ3v) is 5.06. The normalized spacial score (nSPS) is 14.0. The molecule has 0 unspecified atom stereocenters. The van der Waals surface area contributed by atoms with E-state index in [9.17, 15) is 4.79 Å². The minimum Gasteiger partial charge on any atom is -0.493 e. The zero-order chi connectivity index (χ0) is 22.1. The lowest BCUT2D eigenvalue weighted by Crippen LogP contribution is -2.30. The van der Waals surface area contributed by atoms with Crippen molar-refractivity contribution in [3.05, 3.63) is 53.6 Å². The summed E-state index contributed by atoms with van der Waals surface area (Å²) in [7, 11) is 1.63. The Hall–Kier alpha value is -3.22. The molecule has 1 aliphatic rings. The van der Waals surface area contributed by atoms with Crippen LogP contribution < -0.4 is 20.1 Å². The maximum absolute atomic E-state index is 11.8. The second-order valence-electron chi connectivity index (χ2n) is 7.35. The van der Waals surface area contributed by atoms with Gasteiger partial charge in [0.1, 0.15) is 0 Å². The average Bonchev–Trinajstić information content (AvgIpc) is 3.18. The van der Waals surface area contributed by atoms with Crippen LogP contribution in [0.25, 0.3) is 0 Å². The predicted octanol–water partition coefficient (Wildman–Crippen LogP) is 3.79. The fourth-order valence-electron chi connectivity index (χ4n) is 3.48. The van der Waals surface area contributed by atoms with Crippen LogP contribution in [0.4, 0.5) is 5.69 Å². The van der Waals surface area contributed by atoms with E-state index in [-0.39, 0.29) is 5.91 Å². The minimum absolute atomic E-state index is 0.251. The van der Waals surface area contributed by atoms with Gasteiger partial charge >= 0.3 is 0 Å². The number of carbonyl (C=O) groups is 1. The number of carbonyl (C=O) groups excluding carboxylic acids is 1. The lowest BCUT2D eigenvalue weighted by atomic mass is 10.1. The Balaban J connectivity index is 1.63. The van der Waals surface area contributed by atoms with Gasteiger partial charge in [-0.15, -0.1) is 0 Å². The van der Waals surface area contributed by atoms with Crippen LogP contribution in [0.3, 0.4) is 0 Å². The molecule has 1 aliphatic heterocycles. The van der Waals surface area contributed by atoms with Gasteiger partial charge in [0.15, 0.2) is 17.5 Å². The Bertz CT molecular complexity index is 896. The predicted molar refractivity (Wildman–Crippen MR) is 124 cm³/mol. The van der Waals surface area contributed by atoms with Gasteiger partial charge in [-0.05, 0) is 43.5 Å². The number of nitrogens with zero attached hydrogens (tertiary/aromatic N) is 2. The number of nitrogens with one attached hydrogen (secondary N) is 2. The fourth-order valence-corrected chi connectivity index (χ4v) is 3.48. The first-order chi connectivity index (χ1) is 15.1. The van der Waals surface area contributed by atoms with Crippen LogP contribution in [0.2, 0.25) is 0 Å². The van der Waals surface area contributed by atoms with Gasteiger partial charge < -0.3 is 25.0 Å². The van der Waals surface area contributed by atoms with Crippen molar-refractivity contribution in [2.24, 2.45) is 4.99 Å². The molecule has 31 heavy (non-hydrogen) atoms. The summed E-state index contributed by atoms with van der Waals surface area (Å²) >= 11 is 0. The maximum Gasteiger partial charge on any atom is 0.222 e. The second kappa shape index (κ2) is 11.2. The summed E-state index contributed by atoms with van der Waals surface area (Å²) in [5.74, 6) is 2.34. The van der Waals surface area contributed by atoms with E-state index in [2.05, 4.69) is 34.9 Å². The summed E-state index contributed by atoms with van der Waals surface area (Å²) < 4.78 is 11.0. The second-order valence-corrected chi connectivity index (χ2v) is 7.35. The van der Waals surface area contributed by atoms with Gasteiger partial charge in [-0.25, -0.2) is 4.99 Å². The zero-order valence-electron chi connectivity index (χ0n) is 18.6. The molecule has 2 aromatic rings. The molecule has 0 saturated carbocycles. The fraction of sp³-hybridized carbons (Fsp3) is 0.417. The van der Waals surface area contributed by atoms with Gasteiger partial charge in [-0.2, -0.15) is 0 Å². The molecule has 1 amide bonds. The van der Waals surface area contributed by atoms with Crippen LogP contribution in [0.15, 0.2) is 47.5 Å². The Morgan fingerprint density at radius 3 is 2.52 bits per heavy atom. The van der Waals surface area contributed by atoms with E-state index in [1.165, 1.54) is 0 Å². The highest BCUT2D eigenvalue weighted by atomic mass is 16.5. The van der Waals surface area contributed by atoms with Crippen molar-refractivity contribution >= 4 is 17.6 Å². The van der Waals surface area contributed by atoms with Crippen molar-refractivity contribution in [1.29, 1.82) is 0 Å². The van der Waals surface area contributed by atoms with Gasteiger partial charge in [0.25, 0.3) is 0 Å². The molecule has 166 valence electrons. The van der Waals surface area contributed by atoms with Crippen LogP contribution in [-0.2, 0) is 17.9 Å². The molecule has 0 aliphatic carbocycles. The maximum atomic E-state index is 11.8. The van der Waals surface area contributed by atoms with Gasteiger partial charge in [0.05, 0.1) is 20.3 Å². The third kappa shape index (κ3) is 6.38. The van der Waals surface area contributed by atoms with E-state index in [0.717, 1.165) is 36.3 Å². The summed E-state index contributed by atoms with van der Waals surface area (Å²) in [4.78, 5) is 18.4. The van der Waals surface area contributed by atoms with Crippen LogP contribution in [0.5, 0.6) is 11.5 Å². The largest absolute Gasteiger partial charge is 0.493 e. The quantitative estimate of drug-likeness (QED) is 0.473. The molecule has 0 radical (unpaired) electrons. The summed E-state index contributed by atoms with van der Waals surface area (Å²) in [6, 6.07) is 14.0. The molecule has 0 aromatic heterocycles. The Kier molecular flexibility index (Phi) is 8.15. The number of rotatable bonds is 9. The van der Waals surface area contributed by atoms with Crippen molar-refractivity contribution in [1.82, 2.24) is 10.2 Å². The van der Waals surface area contributed by atoms with E-state index >= 15 is 0 Å². The number of anilines is 1. The number of amides is 1.